The highest BCUT2D eigenvalue weighted by Gasteiger charge is 2.05. The lowest BCUT2D eigenvalue weighted by Crippen LogP contribution is -2.05. The Morgan fingerprint density at radius 2 is 1.96 bits per heavy atom. The molecule has 0 unspecified atom stereocenters. The number of hydrogen-bond donors (Lipinski definition) is 2. The normalized spacial score (nSPS) is 10.6. The second kappa shape index (κ2) is 6.89. The van der Waals surface area contributed by atoms with E-state index < -0.39 is 0 Å². The maximum Gasteiger partial charge on any atom is 0.229 e. The van der Waals surface area contributed by atoms with Crippen LogP contribution in [-0.4, -0.2) is 9.97 Å². The highest BCUT2D eigenvalue weighted by molar-refractivity contribution is 6.42. The minimum absolute atomic E-state index is 0.473. The van der Waals surface area contributed by atoms with E-state index in [0.717, 1.165) is 17.1 Å². The summed E-state index contributed by atoms with van der Waals surface area (Å²) in [6.07, 6.45) is 1.64. The molecular formula is C16H14Cl2N4O. The van der Waals surface area contributed by atoms with E-state index >= 15 is 0 Å². The Balaban J connectivity index is 1.75. The molecule has 2 heterocycles. The van der Waals surface area contributed by atoms with E-state index in [1.807, 2.05) is 31.2 Å². The van der Waals surface area contributed by atoms with E-state index in [1.165, 1.54) is 0 Å². The first-order chi connectivity index (χ1) is 11.1. The molecule has 0 aliphatic carbocycles. The van der Waals surface area contributed by atoms with Gasteiger partial charge >= 0.3 is 0 Å². The van der Waals surface area contributed by atoms with Crippen molar-refractivity contribution in [3.63, 3.8) is 0 Å². The molecule has 0 amide bonds. The van der Waals surface area contributed by atoms with E-state index in [9.17, 15) is 0 Å². The van der Waals surface area contributed by atoms with Crippen LogP contribution >= 0.6 is 23.2 Å². The topological polar surface area (TPSA) is 63.0 Å². The Labute approximate surface area is 143 Å². The monoisotopic (exact) mass is 348 g/mol. The van der Waals surface area contributed by atoms with Crippen molar-refractivity contribution >= 4 is 40.7 Å². The first-order valence-electron chi connectivity index (χ1n) is 6.94. The summed E-state index contributed by atoms with van der Waals surface area (Å²) in [7, 11) is 0. The number of nitrogens with zero attached hydrogens (tertiary/aromatic N) is 2. The van der Waals surface area contributed by atoms with Crippen molar-refractivity contribution in [2.75, 3.05) is 10.6 Å². The van der Waals surface area contributed by atoms with Gasteiger partial charge in [-0.25, -0.2) is 4.98 Å². The van der Waals surface area contributed by atoms with Gasteiger partial charge in [0.25, 0.3) is 0 Å². The van der Waals surface area contributed by atoms with Gasteiger partial charge in [0.15, 0.2) is 0 Å². The van der Waals surface area contributed by atoms with Crippen molar-refractivity contribution in [3.8, 4) is 0 Å². The van der Waals surface area contributed by atoms with Crippen LogP contribution in [0.1, 0.15) is 11.5 Å². The van der Waals surface area contributed by atoms with E-state index in [-0.39, 0.29) is 0 Å². The number of rotatable bonds is 5. The molecule has 0 saturated heterocycles. The summed E-state index contributed by atoms with van der Waals surface area (Å²) in [6.45, 7) is 2.45. The fourth-order valence-electron chi connectivity index (χ4n) is 2.01. The second-order valence-corrected chi connectivity index (χ2v) is 5.72. The zero-order valence-corrected chi connectivity index (χ0v) is 13.8. The highest BCUT2D eigenvalue weighted by Crippen LogP contribution is 2.26. The molecular weight excluding hydrogens is 335 g/mol. The van der Waals surface area contributed by atoms with E-state index in [1.54, 1.807) is 18.4 Å². The van der Waals surface area contributed by atoms with Crippen molar-refractivity contribution in [1.82, 2.24) is 9.97 Å². The number of anilines is 3. The Hall–Kier alpha value is -2.24. The molecule has 118 valence electrons. The summed E-state index contributed by atoms with van der Waals surface area (Å²) in [5, 5.41) is 7.30. The van der Waals surface area contributed by atoms with Crippen molar-refractivity contribution in [2.24, 2.45) is 0 Å². The molecule has 0 aliphatic rings. The molecule has 0 aliphatic heterocycles. The summed E-state index contributed by atoms with van der Waals surface area (Å²) in [5.74, 6) is 2.02. The van der Waals surface area contributed by atoms with Gasteiger partial charge < -0.3 is 15.1 Å². The molecule has 3 rings (SSSR count). The molecule has 0 bridgehead atoms. The van der Waals surface area contributed by atoms with Crippen LogP contribution in [0.4, 0.5) is 17.5 Å². The molecule has 2 N–H and O–H groups in total. The fourth-order valence-corrected chi connectivity index (χ4v) is 2.31. The number of aryl methyl sites for hydroxylation is 1. The number of furan rings is 1. The van der Waals surface area contributed by atoms with Crippen LogP contribution in [0.15, 0.2) is 47.1 Å². The van der Waals surface area contributed by atoms with E-state index in [2.05, 4.69) is 20.6 Å². The van der Waals surface area contributed by atoms with Crippen LogP contribution in [0, 0.1) is 6.92 Å². The SMILES string of the molecule is Cc1cc(NCc2ccco2)nc(Nc2ccc(Cl)c(Cl)c2)n1. The van der Waals surface area contributed by atoms with Gasteiger partial charge in [0.2, 0.25) is 5.95 Å². The van der Waals surface area contributed by atoms with Gasteiger partial charge in [0.05, 0.1) is 22.9 Å². The third-order valence-electron chi connectivity index (χ3n) is 3.05. The summed E-state index contributed by atoms with van der Waals surface area (Å²) < 4.78 is 5.29. The lowest BCUT2D eigenvalue weighted by molar-refractivity contribution is 0.518. The summed E-state index contributed by atoms with van der Waals surface area (Å²) >= 11 is 11.9. The molecule has 0 fully saturated rings. The first-order valence-corrected chi connectivity index (χ1v) is 7.70. The Bertz CT molecular complexity index is 806. The Morgan fingerprint density at radius 1 is 1.09 bits per heavy atom. The van der Waals surface area contributed by atoms with E-state index in [4.69, 9.17) is 27.6 Å². The molecule has 5 nitrogen and oxygen atoms in total. The van der Waals surface area contributed by atoms with Crippen molar-refractivity contribution in [1.29, 1.82) is 0 Å². The molecule has 0 saturated carbocycles. The molecule has 0 radical (unpaired) electrons. The van der Waals surface area contributed by atoms with Crippen LogP contribution in [0.3, 0.4) is 0 Å². The average Bonchev–Trinajstić information content (AvgIpc) is 3.02. The van der Waals surface area contributed by atoms with Crippen molar-refractivity contribution in [2.45, 2.75) is 13.5 Å². The zero-order chi connectivity index (χ0) is 16.2. The maximum absolute atomic E-state index is 6.01. The molecule has 2 aromatic heterocycles. The summed E-state index contributed by atoms with van der Waals surface area (Å²) in [5.41, 5.74) is 1.60. The molecule has 7 heteroatoms. The van der Waals surface area contributed by atoms with Crippen molar-refractivity contribution < 1.29 is 4.42 Å². The predicted octanol–water partition coefficient (Wildman–Crippen LogP) is 5.04. The van der Waals surface area contributed by atoms with Gasteiger partial charge in [-0.15, -0.1) is 0 Å². The second-order valence-electron chi connectivity index (χ2n) is 4.90. The van der Waals surface area contributed by atoms with Gasteiger partial charge in [-0.2, -0.15) is 4.98 Å². The molecule has 23 heavy (non-hydrogen) atoms. The zero-order valence-electron chi connectivity index (χ0n) is 12.3. The quantitative estimate of drug-likeness (QED) is 0.676. The Morgan fingerprint density at radius 3 is 2.70 bits per heavy atom. The molecule has 0 spiro atoms. The number of benzene rings is 1. The lowest BCUT2D eigenvalue weighted by atomic mass is 10.3. The van der Waals surface area contributed by atoms with Crippen LogP contribution in [-0.2, 0) is 6.54 Å². The van der Waals surface area contributed by atoms with Crippen LogP contribution in [0.5, 0.6) is 0 Å². The van der Waals surface area contributed by atoms with Gasteiger partial charge in [0.1, 0.15) is 11.6 Å². The molecule has 3 aromatic rings. The molecule has 1 aromatic carbocycles. The predicted molar refractivity (Wildman–Crippen MR) is 92.5 cm³/mol. The highest BCUT2D eigenvalue weighted by atomic mass is 35.5. The van der Waals surface area contributed by atoms with Crippen LogP contribution in [0.25, 0.3) is 0 Å². The van der Waals surface area contributed by atoms with Gasteiger partial charge in [-0.1, -0.05) is 23.2 Å². The lowest BCUT2D eigenvalue weighted by Gasteiger charge is -2.10. The number of aromatic nitrogens is 2. The van der Waals surface area contributed by atoms with E-state index in [0.29, 0.717) is 28.4 Å². The number of hydrogen-bond acceptors (Lipinski definition) is 5. The number of halogens is 2. The van der Waals surface area contributed by atoms with Gasteiger partial charge in [0, 0.05) is 17.4 Å². The third-order valence-corrected chi connectivity index (χ3v) is 3.79. The largest absolute Gasteiger partial charge is 0.467 e. The summed E-state index contributed by atoms with van der Waals surface area (Å²) in [6, 6.07) is 10.9. The van der Waals surface area contributed by atoms with Crippen molar-refractivity contribution in [3.05, 3.63) is 64.2 Å². The third kappa shape index (κ3) is 4.15. The van der Waals surface area contributed by atoms with Crippen LogP contribution in [0.2, 0.25) is 10.0 Å². The average molecular weight is 349 g/mol. The minimum Gasteiger partial charge on any atom is -0.467 e. The first kappa shape index (κ1) is 15.6. The number of nitrogens with one attached hydrogen (secondary N) is 2. The standard InChI is InChI=1S/C16H14Cl2N4O/c1-10-7-15(19-9-12-3-2-6-23-12)22-16(20-10)21-11-4-5-13(17)14(18)8-11/h2-8H,9H2,1H3,(H2,19,20,21,22). The van der Waals surface area contributed by atoms with Crippen LogP contribution < -0.4 is 10.6 Å². The Kier molecular flexibility index (Phi) is 4.69. The van der Waals surface area contributed by atoms with Gasteiger partial charge in [-0.3, -0.25) is 0 Å². The maximum atomic E-state index is 6.01. The minimum atomic E-state index is 0.473. The molecule has 0 atom stereocenters. The smallest absolute Gasteiger partial charge is 0.229 e. The fraction of sp³-hybridized carbons (Fsp3) is 0.125. The summed E-state index contributed by atoms with van der Waals surface area (Å²) in [4.78, 5) is 8.79. The van der Waals surface area contributed by atoms with Gasteiger partial charge in [-0.05, 0) is 37.3 Å².